The van der Waals surface area contributed by atoms with Gasteiger partial charge in [0.05, 0.1) is 6.10 Å². The summed E-state index contributed by atoms with van der Waals surface area (Å²) in [4.78, 5) is 2.44. The predicted molar refractivity (Wildman–Crippen MR) is 73.2 cm³/mol. The molecule has 17 heavy (non-hydrogen) atoms. The maximum atomic E-state index is 9.94. The van der Waals surface area contributed by atoms with E-state index in [-0.39, 0.29) is 6.10 Å². The van der Waals surface area contributed by atoms with Gasteiger partial charge >= 0.3 is 0 Å². The van der Waals surface area contributed by atoms with Crippen LogP contribution in [-0.4, -0.2) is 48.8 Å². The van der Waals surface area contributed by atoms with Crippen LogP contribution in [0.2, 0.25) is 0 Å². The summed E-state index contributed by atoms with van der Waals surface area (Å²) in [5.41, 5.74) is 0.330. The zero-order valence-electron chi connectivity index (χ0n) is 12.0. The molecule has 1 aliphatic heterocycles. The SMILES string of the molecule is CCNCC(C)(CC)CN1CCC(C)C(O)C1. The number of nitrogens with one attached hydrogen (secondary N) is 1. The largest absolute Gasteiger partial charge is 0.392 e. The van der Waals surface area contributed by atoms with Gasteiger partial charge < -0.3 is 15.3 Å². The van der Waals surface area contributed by atoms with Gasteiger partial charge in [-0.15, -0.1) is 0 Å². The molecule has 0 saturated carbocycles. The minimum absolute atomic E-state index is 0.135. The molecule has 3 nitrogen and oxygen atoms in total. The highest BCUT2D eigenvalue weighted by molar-refractivity contribution is 4.84. The van der Waals surface area contributed by atoms with E-state index in [2.05, 4.69) is 37.9 Å². The molecule has 0 aromatic rings. The first-order chi connectivity index (χ1) is 8.00. The molecule has 0 aromatic carbocycles. The van der Waals surface area contributed by atoms with Crippen molar-refractivity contribution in [1.82, 2.24) is 10.2 Å². The van der Waals surface area contributed by atoms with Crippen molar-refractivity contribution in [2.75, 3.05) is 32.7 Å². The van der Waals surface area contributed by atoms with Crippen LogP contribution >= 0.6 is 0 Å². The van der Waals surface area contributed by atoms with E-state index in [4.69, 9.17) is 0 Å². The maximum Gasteiger partial charge on any atom is 0.0693 e. The Labute approximate surface area is 107 Å². The zero-order valence-corrected chi connectivity index (χ0v) is 12.0. The monoisotopic (exact) mass is 242 g/mol. The number of hydrogen-bond donors (Lipinski definition) is 2. The van der Waals surface area contributed by atoms with Gasteiger partial charge in [-0.1, -0.05) is 27.7 Å². The quantitative estimate of drug-likeness (QED) is 0.744. The molecule has 0 amide bonds. The summed E-state index contributed by atoms with van der Waals surface area (Å²) < 4.78 is 0. The lowest BCUT2D eigenvalue weighted by molar-refractivity contribution is 0.0116. The third kappa shape index (κ3) is 4.57. The molecule has 1 aliphatic rings. The number of β-amino-alcohol motifs (C(OH)–C–C–N with tert-alkyl or cyclic N) is 1. The standard InChI is InChI=1S/C14H30N2O/c1-5-14(4,10-15-6-2)11-16-8-7-12(3)13(17)9-16/h12-13,15,17H,5-11H2,1-4H3. The third-order valence-corrected chi connectivity index (χ3v) is 4.26. The lowest BCUT2D eigenvalue weighted by atomic mass is 9.85. The maximum absolute atomic E-state index is 9.94. The van der Waals surface area contributed by atoms with E-state index in [1.807, 2.05) is 0 Å². The van der Waals surface area contributed by atoms with Gasteiger partial charge in [0.1, 0.15) is 0 Å². The summed E-state index contributed by atoms with van der Waals surface area (Å²) in [7, 11) is 0. The van der Waals surface area contributed by atoms with Crippen LogP contribution in [-0.2, 0) is 0 Å². The highest BCUT2D eigenvalue weighted by Crippen LogP contribution is 2.25. The molecule has 1 fully saturated rings. The lowest BCUT2D eigenvalue weighted by Crippen LogP contribution is -2.49. The summed E-state index contributed by atoms with van der Waals surface area (Å²) in [5, 5.41) is 13.4. The fourth-order valence-corrected chi connectivity index (χ4v) is 2.52. The number of piperidine rings is 1. The average Bonchev–Trinajstić information content (AvgIpc) is 2.31. The van der Waals surface area contributed by atoms with Crippen molar-refractivity contribution in [3.05, 3.63) is 0 Å². The zero-order chi connectivity index (χ0) is 12.9. The first-order valence-corrected chi connectivity index (χ1v) is 7.12. The number of aliphatic hydroxyl groups is 1. The Morgan fingerprint density at radius 2 is 2.12 bits per heavy atom. The fraction of sp³-hybridized carbons (Fsp3) is 1.00. The number of hydrogen-bond acceptors (Lipinski definition) is 3. The Bertz CT molecular complexity index is 222. The van der Waals surface area contributed by atoms with E-state index >= 15 is 0 Å². The van der Waals surface area contributed by atoms with Crippen molar-refractivity contribution >= 4 is 0 Å². The lowest BCUT2D eigenvalue weighted by Gasteiger charge is -2.40. The molecule has 3 unspecified atom stereocenters. The normalized spacial score (nSPS) is 30.2. The van der Waals surface area contributed by atoms with Crippen LogP contribution in [0, 0.1) is 11.3 Å². The van der Waals surface area contributed by atoms with Crippen LogP contribution in [0.4, 0.5) is 0 Å². The van der Waals surface area contributed by atoms with Gasteiger partial charge in [-0.25, -0.2) is 0 Å². The van der Waals surface area contributed by atoms with Crippen molar-refractivity contribution in [3.63, 3.8) is 0 Å². The molecular weight excluding hydrogens is 212 g/mol. The molecule has 2 N–H and O–H groups in total. The van der Waals surface area contributed by atoms with Gasteiger partial charge in [-0.2, -0.15) is 0 Å². The smallest absolute Gasteiger partial charge is 0.0693 e. The van der Waals surface area contributed by atoms with Crippen LogP contribution in [0.25, 0.3) is 0 Å². The summed E-state index contributed by atoms with van der Waals surface area (Å²) in [6.45, 7) is 14.1. The molecule has 0 radical (unpaired) electrons. The van der Waals surface area contributed by atoms with Gasteiger partial charge in [0.2, 0.25) is 0 Å². The second-order valence-corrected chi connectivity index (χ2v) is 6.01. The molecular formula is C14H30N2O. The Hall–Kier alpha value is -0.120. The first kappa shape index (κ1) is 14.9. The Morgan fingerprint density at radius 1 is 1.41 bits per heavy atom. The summed E-state index contributed by atoms with van der Waals surface area (Å²) in [6.07, 6.45) is 2.17. The number of nitrogens with zero attached hydrogens (tertiary/aromatic N) is 1. The van der Waals surface area contributed by atoms with E-state index in [0.717, 1.165) is 39.1 Å². The minimum atomic E-state index is -0.135. The van der Waals surface area contributed by atoms with Crippen LogP contribution < -0.4 is 5.32 Å². The highest BCUT2D eigenvalue weighted by atomic mass is 16.3. The topological polar surface area (TPSA) is 35.5 Å². The second kappa shape index (κ2) is 6.72. The van der Waals surface area contributed by atoms with Crippen molar-refractivity contribution < 1.29 is 5.11 Å². The van der Waals surface area contributed by atoms with Gasteiger partial charge in [0, 0.05) is 19.6 Å². The fourth-order valence-electron chi connectivity index (χ4n) is 2.52. The molecule has 0 bridgehead atoms. The number of aliphatic hydroxyl groups excluding tert-OH is 1. The van der Waals surface area contributed by atoms with E-state index in [0.29, 0.717) is 11.3 Å². The van der Waals surface area contributed by atoms with Crippen molar-refractivity contribution in [1.29, 1.82) is 0 Å². The second-order valence-electron chi connectivity index (χ2n) is 6.01. The van der Waals surface area contributed by atoms with Crippen molar-refractivity contribution in [3.8, 4) is 0 Å². The van der Waals surface area contributed by atoms with Gasteiger partial charge in [-0.05, 0) is 37.3 Å². The van der Waals surface area contributed by atoms with Gasteiger partial charge in [-0.3, -0.25) is 0 Å². The van der Waals surface area contributed by atoms with Gasteiger partial charge in [0.15, 0.2) is 0 Å². The van der Waals surface area contributed by atoms with Crippen LogP contribution in [0.15, 0.2) is 0 Å². The molecule has 0 spiro atoms. The van der Waals surface area contributed by atoms with E-state index in [1.165, 1.54) is 6.42 Å². The molecule has 3 heteroatoms. The number of likely N-dealkylation sites (tertiary alicyclic amines) is 1. The molecule has 0 aliphatic carbocycles. The van der Waals surface area contributed by atoms with Crippen molar-refractivity contribution in [2.24, 2.45) is 11.3 Å². The van der Waals surface area contributed by atoms with E-state index in [1.54, 1.807) is 0 Å². The van der Waals surface area contributed by atoms with Crippen molar-refractivity contribution in [2.45, 2.75) is 46.6 Å². The Morgan fingerprint density at radius 3 is 2.65 bits per heavy atom. The molecule has 102 valence electrons. The minimum Gasteiger partial charge on any atom is -0.392 e. The predicted octanol–water partition coefficient (Wildman–Crippen LogP) is 1.71. The molecule has 0 aromatic heterocycles. The average molecular weight is 242 g/mol. The van der Waals surface area contributed by atoms with E-state index < -0.39 is 0 Å². The summed E-state index contributed by atoms with van der Waals surface area (Å²) >= 11 is 0. The molecule has 1 rings (SSSR count). The van der Waals surface area contributed by atoms with Crippen LogP contribution in [0.5, 0.6) is 0 Å². The Balaban J connectivity index is 2.45. The summed E-state index contributed by atoms with van der Waals surface area (Å²) in [5.74, 6) is 0.466. The molecule has 1 saturated heterocycles. The van der Waals surface area contributed by atoms with Crippen LogP contribution in [0.3, 0.4) is 0 Å². The molecule has 3 atom stereocenters. The number of rotatable bonds is 6. The van der Waals surface area contributed by atoms with E-state index in [9.17, 15) is 5.11 Å². The first-order valence-electron chi connectivity index (χ1n) is 7.12. The molecule has 1 heterocycles. The highest BCUT2D eigenvalue weighted by Gasteiger charge is 2.30. The third-order valence-electron chi connectivity index (χ3n) is 4.26. The van der Waals surface area contributed by atoms with Crippen LogP contribution in [0.1, 0.15) is 40.5 Å². The Kier molecular flexibility index (Phi) is 5.90. The van der Waals surface area contributed by atoms with Gasteiger partial charge in [0.25, 0.3) is 0 Å². The summed E-state index contributed by atoms with van der Waals surface area (Å²) in [6, 6.07) is 0.